The second kappa shape index (κ2) is 7.99. The first-order chi connectivity index (χ1) is 14.0. The standard InChI is InChI=1S/C23H24N2O4/c1-16-19-10-6-7-11-20(19)29-21(16)23(27)28-17(2)22(26)25-14-12-24(13-15-25)18-8-4-3-5-9-18/h3-11,17H,12-15H2,1-2H3/t17-/m1/s1. The van der Waals surface area contributed by atoms with Crippen molar-refractivity contribution >= 4 is 28.5 Å². The Hall–Kier alpha value is -3.28. The molecule has 0 bridgehead atoms. The van der Waals surface area contributed by atoms with Crippen LogP contribution in [0.25, 0.3) is 11.0 Å². The second-order valence-electron chi connectivity index (χ2n) is 7.25. The SMILES string of the molecule is Cc1c(C(=O)O[C@H](C)C(=O)N2CCN(c3ccccc3)CC2)oc2ccccc12. The number of hydrogen-bond acceptors (Lipinski definition) is 5. The predicted molar refractivity (Wildman–Crippen MR) is 111 cm³/mol. The third-order valence-electron chi connectivity index (χ3n) is 5.37. The zero-order valence-corrected chi connectivity index (χ0v) is 16.6. The van der Waals surface area contributed by atoms with E-state index < -0.39 is 12.1 Å². The number of furan rings is 1. The summed E-state index contributed by atoms with van der Waals surface area (Å²) in [4.78, 5) is 29.3. The molecule has 2 heterocycles. The van der Waals surface area contributed by atoms with Gasteiger partial charge in [0.1, 0.15) is 5.58 Å². The number of anilines is 1. The van der Waals surface area contributed by atoms with Crippen LogP contribution in [0, 0.1) is 6.92 Å². The van der Waals surface area contributed by atoms with Gasteiger partial charge in [0, 0.05) is 42.8 Å². The van der Waals surface area contributed by atoms with Gasteiger partial charge in [0.15, 0.2) is 6.10 Å². The fraction of sp³-hybridized carbons (Fsp3) is 0.304. The first-order valence-electron chi connectivity index (χ1n) is 9.82. The van der Waals surface area contributed by atoms with Crippen LogP contribution >= 0.6 is 0 Å². The maximum atomic E-state index is 12.8. The lowest BCUT2D eigenvalue weighted by Gasteiger charge is -2.36. The van der Waals surface area contributed by atoms with E-state index in [0.717, 1.165) is 29.7 Å². The van der Waals surface area contributed by atoms with Gasteiger partial charge in [-0.2, -0.15) is 0 Å². The Morgan fingerprint density at radius 1 is 0.966 bits per heavy atom. The number of carbonyl (C=O) groups excluding carboxylic acids is 2. The van der Waals surface area contributed by atoms with Gasteiger partial charge in [-0.25, -0.2) is 4.79 Å². The van der Waals surface area contributed by atoms with Gasteiger partial charge in [0.25, 0.3) is 5.91 Å². The Bertz CT molecular complexity index is 1020. The largest absolute Gasteiger partial charge is 0.449 e. The summed E-state index contributed by atoms with van der Waals surface area (Å²) in [7, 11) is 0. The number of amides is 1. The molecule has 0 spiro atoms. The van der Waals surface area contributed by atoms with Crippen molar-refractivity contribution < 1.29 is 18.7 Å². The Labute approximate surface area is 169 Å². The molecule has 29 heavy (non-hydrogen) atoms. The van der Waals surface area contributed by atoms with Crippen molar-refractivity contribution in [1.29, 1.82) is 0 Å². The number of ether oxygens (including phenoxy) is 1. The average Bonchev–Trinajstić information content (AvgIpc) is 3.11. The summed E-state index contributed by atoms with van der Waals surface area (Å²) < 4.78 is 11.1. The van der Waals surface area contributed by atoms with Crippen LogP contribution in [-0.4, -0.2) is 49.1 Å². The summed E-state index contributed by atoms with van der Waals surface area (Å²) in [6, 6.07) is 17.6. The minimum atomic E-state index is -0.863. The highest BCUT2D eigenvalue weighted by Crippen LogP contribution is 2.26. The molecule has 4 rings (SSSR count). The number of carbonyl (C=O) groups is 2. The van der Waals surface area contributed by atoms with Gasteiger partial charge in [-0.3, -0.25) is 4.79 Å². The highest BCUT2D eigenvalue weighted by molar-refractivity contribution is 5.97. The molecule has 0 aliphatic carbocycles. The number of aryl methyl sites for hydroxylation is 1. The fourth-order valence-electron chi connectivity index (χ4n) is 3.71. The number of benzene rings is 2. The van der Waals surface area contributed by atoms with Gasteiger partial charge in [0.2, 0.25) is 5.76 Å². The van der Waals surface area contributed by atoms with Crippen molar-refractivity contribution in [3.63, 3.8) is 0 Å². The smallest absolute Gasteiger partial charge is 0.375 e. The van der Waals surface area contributed by atoms with Crippen molar-refractivity contribution in [2.45, 2.75) is 20.0 Å². The number of piperazine rings is 1. The van der Waals surface area contributed by atoms with Crippen molar-refractivity contribution in [3.05, 3.63) is 65.9 Å². The van der Waals surface area contributed by atoms with Gasteiger partial charge in [0.05, 0.1) is 0 Å². The summed E-state index contributed by atoms with van der Waals surface area (Å²) in [5, 5.41) is 0.871. The van der Waals surface area contributed by atoms with Crippen molar-refractivity contribution in [2.75, 3.05) is 31.1 Å². The predicted octanol–water partition coefficient (Wildman–Crippen LogP) is 3.64. The quantitative estimate of drug-likeness (QED) is 0.635. The molecule has 1 aromatic heterocycles. The maximum absolute atomic E-state index is 12.8. The molecular formula is C23H24N2O4. The topological polar surface area (TPSA) is 63.0 Å². The normalized spacial score (nSPS) is 15.4. The van der Waals surface area contributed by atoms with E-state index in [1.165, 1.54) is 0 Å². The summed E-state index contributed by atoms with van der Waals surface area (Å²) in [5.74, 6) is -0.637. The summed E-state index contributed by atoms with van der Waals surface area (Å²) in [5.41, 5.74) is 2.51. The van der Waals surface area contributed by atoms with Gasteiger partial charge >= 0.3 is 5.97 Å². The van der Waals surface area contributed by atoms with Crippen LogP contribution in [0.4, 0.5) is 5.69 Å². The van der Waals surface area contributed by atoms with E-state index in [1.807, 2.05) is 43.3 Å². The molecule has 1 aliphatic heterocycles. The van der Waals surface area contributed by atoms with Crippen LogP contribution in [0.5, 0.6) is 0 Å². The molecule has 2 aromatic carbocycles. The molecule has 3 aromatic rings. The molecule has 1 fully saturated rings. The first kappa shape index (κ1) is 19.1. The van der Waals surface area contributed by atoms with Gasteiger partial charge < -0.3 is 19.0 Å². The lowest BCUT2D eigenvalue weighted by molar-refractivity contribution is -0.140. The number of nitrogens with zero attached hydrogens (tertiary/aromatic N) is 2. The molecule has 6 nitrogen and oxygen atoms in total. The molecule has 0 N–H and O–H groups in total. The minimum Gasteiger partial charge on any atom is -0.449 e. The molecular weight excluding hydrogens is 368 g/mol. The van der Waals surface area contributed by atoms with E-state index in [2.05, 4.69) is 17.0 Å². The van der Waals surface area contributed by atoms with Crippen molar-refractivity contribution in [2.24, 2.45) is 0 Å². The fourth-order valence-corrected chi connectivity index (χ4v) is 3.71. The van der Waals surface area contributed by atoms with Crippen LogP contribution in [0.2, 0.25) is 0 Å². The van der Waals surface area contributed by atoms with Crippen LogP contribution in [0.1, 0.15) is 23.0 Å². The Morgan fingerprint density at radius 2 is 1.62 bits per heavy atom. The molecule has 150 valence electrons. The molecule has 1 saturated heterocycles. The van der Waals surface area contributed by atoms with Gasteiger partial charge in [-0.05, 0) is 32.0 Å². The van der Waals surface area contributed by atoms with Crippen molar-refractivity contribution in [1.82, 2.24) is 4.90 Å². The van der Waals surface area contributed by atoms with E-state index in [9.17, 15) is 9.59 Å². The highest BCUT2D eigenvalue weighted by atomic mass is 16.6. The Morgan fingerprint density at radius 3 is 2.31 bits per heavy atom. The van der Waals surface area contributed by atoms with E-state index in [1.54, 1.807) is 17.9 Å². The second-order valence-corrected chi connectivity index (χ2v) is 7.25. The number of rotatable bonds is 4. The van der Waals surface area contributed by atoms with Crippen LogP contribution < -0.4 is 4.90 Å². The molecule has 0 radical (unpaired) electrons. The molecule has 1 aliphatic rings. The zero-order valence-electron chi connectivity index (χ0n) is 16.6. The Kier molecular flexibility index (Phi) is 5.25. The van der Waals surface area contributed by atoms with Gasteiger partial charge in [-0.15, -0.1) is 0 Å². The summed E-state index contributed by atoms with van der Waals surface area (Å²) in [6.45, 7) is 6.12. The molecule has 0 saturated carbocycles. The third-order valence-corrected chi connectivity index (χ3v) is 5.37. The third kappa shape index (κ3) is 3.83. The zero-order chi connectivity index (χ0) is 20.4. The van der Waals surface area contributed by atoms with E-state index in [4.69, 9.17) is 9.15 Å². The molecule has 6 heteroatoms. The van der Waals surface area contributed by atoms with Crippen LogP contribution in [0.15, 0.2) is 59.0 Å². The number of esters is 1. The maximum Gasteiger partial charge on any atom is 0.375 e. The number of hydrogen-bond donors (Lipinski definition) is 0. The molecule has 1 amide bonds. The van der Waals surface area contributed by atoms with E-state index in [-0.39, 0.29) is 11.7 Å². The summed E-state index contributed by atoms with van der Waals surface area (Å²) >= 11 is 0. The average molecular weight is 392 g/mol. The summed E-state index contributed by atoms with van der Waals surface area (Å²) in [6.07, 6.45) is -0.863. The Balaban J connectivity index is 1.37. The molecule has 1 atom stereocenters. The monoisotopic (exact) mass is 392 g/mol. The molecule has 0 unspecified atom stereocenters. The van der Waals surface area contributed by atoms with E-state index >= 15 is 0 Å². The minimum absolute atomic E-state index is 0.153. The lowest BCUT2D eigenvalue weighted by Crippen LogP contribution is -2.51. The van der Waals surface area contributed by atoms with Crippen LogP contribution in [0.3, 0.4) is 0 Å². The van der Waals surface area contributed by atoms with Crippen LogP contribution in [-0.2, 0) is 9.53 Å². The van der Waals surface area contributed by atoms with Gasteiger partial charge in [-0.1, -0.05) is 36.4 Å². The number of para-hydroxylation sites is 2. The first-order valence-corrected chi connectivity index (χ1v) is 9.82. The highest BCUT2D eigenvalue weighted by Gasteiger charge is 2.29. The lowest BCUT2D eigenvalue weighted by atomic mass is 10.1. The van der Waals surface area contributed by atoms with E-state index in [0.29, 0.717) is 18.7 Å². The number of fused-ring (bicyclic) bond motifs is 1. The van der Waals surface area contributed by atoms with Crippen molar-refractivity contribution in [3.8, 4) is 0 Å².